The Morgan fingerprint density at radius 1 is 1.53 bits per heavy atom. The van der Waals surface area contributed by atoms with Gasteiger partial charge in [-0.3, -0.25) is 0 Å². The number of thiocarbonyl (C=S) groups is 1. The van der Waals surface area contributed by atoms with Crippen molar-refractivity contribution in [3.63, 3.8) is 0 Å². The first-order valence-electron chi connectivity index (χ1n) is 4.81. The number of nitrogens with one attached hydrogen (secondary N) is 1. The molecule has 0 aromatic carbocycles. The van der Waals surface area contributed by atoms with Gasteiger partial charge in [0.2, 0.25) is 10.0 Å². The standard InChI is InChI=1S/C9H14N4O2S2/c1-6-4-7(9(10)16)5-8(13-6)12-2-3-17(11,14)15/h4-5H,2-3H2,1H3,(H2,10,16)(H,12,13)(H2,11,14,15). The van der Waals surface area contributed by atoms with E-state index in [1.54, 1.807) is 19.1 Å². The Morgan fingerprint density at radius 2 is 2.18 bits per heavy atom. The Kier molecular flexibility index (Phi) is 4.38. The Bertz CT molecular complexity index is 528. The van der Waals surface area contributed by atoms with E-state index in [1.807, 2.05) is 0 Å². The van der Waals surface area contributed by atoms with E-state index in [1.165, 1.54) is 0 Å². The fourth-order valence-electron chi connectivity index (χ4n) is 1.22. The third kappa shape index (κ3) is 5.07. The fourth-order valence-corrected chi connectivity index (χ4v) is 1.73. The van der Waals surface area contributed by atoms with Crippen LogP contribution in [0.1, 0.15) is 11.3 Å². The van der Waals surface area contributed by atoms with E-state index in [2.05, 4.69) is 10.3 Å². The maximum atomic E-state index is 10.7. The lowest BCUT2D eigenvalue weighted by Crippen LogP contribution is -2.22. The summed E-state index contributed by atoms with van der Waals surface area (Å²) in [4.78, 5) is 4.44. The summed E-state index contributed by atoms with van der Waals surface area (Å²) in [5.74, 6) is 0.363. The minimum atomic E-state index is -3.47. The monoisotopic (exact) mass is 274 g/mol. The second kappa shape index (κ2) is 5.39. The number of aromatic nitrogens is 1. The SMILES string of the molecule is Cc1cc(C(N)=S)cc(NCCS(N)(=O)=O)n1. The van der Waals surface area contributed by atoms with E-state index >= 15 is 0 Å². The third-order valence-electron chi connectivity index (χ3n) is 1.93. The van der Waals surface area contributed by atoms with Crippen LogP contribution < -0.4 is 16.2 Å². The molecule has 0 unspecified atom stereocenters. The highest BCUT2D eigenvalue weighted by atomic mass is 32.2. The molecule has 1 aromatic rings. The summed E-state index contributed by atoms with van der Waals surface area (Å²) in [5, 5.41) is 7.73. The summed E-state index contributed by atoms with van der Waals surface area (Å²) in [6, 6.07) is 3.42. The minimum absolute atomic E-state index is 0.162. The zero-order chi connectivity index (χ0) is 13.1. The summed E-state index contributed by atoms with van der Waals surface area (Å²) in [6.07, 6.45) is 0. The largest absolute Gasteiger partial charge is 0.389 e. The van der Waals surface area contributed by atoms with Crippen LogP contribution in [0.3, 0.4) is 0 Å². The molecule has 0 aliphatic heterocycles. The Hall–Kier alpha value is -1.25. The zero-order valence-electron chi connectivity index (χ0n) is 9.30. The van der Waals surface area contributed by atoms with E-state index in [0.29, 0.717) is 11.4 Å². The Morgan fingerprint density at radius 3 is 2.71 bits per heavy atom. The first-order valence-corrected chi connectivity index (χ1v) is 6.93. The van der Waals surface area contributed by atoms with Gasteiger partial charge in [-0.25, -0.2) is 18.5 Å². The number of nitrogens with zero attached hydrogens (tertiary/aromatic N) is 1. The maximum absolute atomic E-state index is 10.7. The van der Waals surface area contributed by atoms with E-state index in [0.717, 1.165) is 5.69 Å². The summed E-state index contributed by atoms with van der Waals surface area (Å²) >= 11 is 4.86. The normalized spacial score (nSPS) is 11.2. The van der Waals surface area contributed by atoms with Crippen molar-refractivity contribution >= 4 is 33.0 Å². The van der Waals surface area contributed by atoms with Crippen molar-refractivity contribution in [3.8, 4) is 0 Å². The van der Waals surface area contributed by atoms with Crippen LogP contribution in [0.15, 0.2) is 12.1 Å². The van der Waals surface area contributed by atoms with Crippen LogP contribution in [-0.4, -0.2) is 30.7 Å². The van der Waals surface area contributed by atoms with Crippen LogP contribution in [0.5, 0.6) is 0 Å². The number of nitrogens with two attached hydrogens (primary N) is 2. The average molecular weight is 274 g/mol. The Labute approximate surface area is 105 Å². The predicted molar refractivity (Wildman–Crippen MR) is 71.3 cm³/mol. The topological polar surface area (TPSA) is 111 Å². The molecule has 8 heteroatoms. The molecule has 1 rings (SSSR count). The number of hydrogen-bond acceptors (Lipinski definition) is 5. The zero-order valence-corrected chi connectivity index (χ0v) is 10.9. The number of rotatable bonds is 5. The van der Waals surface area contributed by atoms with Gasteiger partial charge in [-0.15, -0.1) is 0 Å². The van der Waals surface area contributed by atoms with Crippen LogP contribution in [-0.2, 0) is 10.0 Å². The van der Waals surface area contributed by atoms with Crippen molar-refractivity contribution in [1.82, 2.24) is 4.98 Å². The predicted octanol–water partition coefficient (Wildman–Crippen LogP) is -0.275. The number of sulfonamides is 1. The smallest absolute Gasteiger partial charge is 0.210 e. The molecule has 0 spiro atoms. The third-order valence-corrected chi connectivity index (χ3v) is 2.94. The molecule has 1 heterocycles. The van der Waals surface area contributed by atoms with E-state index in [-0.39, 0.29) is 17.3 Å². The fraction of sp³-hybridized carbons (Fsp3) is 0.333. The summed E-state index contributed by atoms with van der Waals surface area (Å²) in [5.41, 5.74) is 6.94. The molecular weight excluding hydrogens is 260 g/mol. The second-order valence-corrected chi connectivity index (χ2v) is 5.71. The molecule has 5 N–H and O–H groups in total. The highest BCUT2D eigenvalue weighted by molar-refractivity contribution is 7.89. The molecule has 17 heavy (non-hydrogen) atoms. The van der Waals surface area contributed by atoms with Gasteiger partial charge in [-0.2, -0.15) is 0 Å². The van der Waals surface area contributed by atoms with Crippen LogP contribution in [0.2, 0.25) is 0 Å². The molecule has 6 nitrogen and oxygen atoms in total. The van der Waals surface area contributed by atoms with Crippen molar-refractivity contribution in [1.29, 1.82) is 0 Å². The van der Waals surface area contributed by atoms with E-state index < -0.39 is 10.0 Å². The van der Waals surface area contributed by atoms with Crippen molar-refractivity contribution in [3.05, 3.63) is 23.4 Å². The molecule has 0 saturated carbocycles. The lowest BCUT2D eigenvalue weighted by molar-refractivity contribution is 0.598. The van der Waals surface area contributed by atoms with Crippen molar-refractivity contribution in [2.24, 2.45) is 10.9 Å². The second-order valence-electron chi connectivity index (χ2n) is 3.54. The molecule has 0 fully saturated rings. The molecule has 94 valence electrons. The summed E-state index contributed by atoms with van der Waals surface area (Å²) in [7, 11) is -3.47. The molecule has 0 radical (unpaired) electrons. The minimum Gasteiger partial charge on any atom is -0.389 e. The van der Waals surface area contributed by atoms with Crippen molar-refractivity contribution in [2.45, 2.75) is 6.92 Å². The van der Waals surface area contributed by atoms with Gasteiger partial charge in [0.15, 0.2) is 0 Å². The molecule has 0 bridgehead atoms. The van der Waals surface area contributed by atoms with Crippen molar-refractivity contribution < 1.29 is 8.42 Å². The molecule has 1 aromatic heterocycles. The van der Waals surface area contributed by atoms with Crippen LogP contribution in [0, 0.1) is 6.92 Å². The van der Waals surface area contributed by atoms with Crippen molar-refractivity contribution in [2.75, 3.05) is 17.6 Å². The van der Waals surface area contributed by atoms with E-state index in [4.69, 9.17) is 23.1 Å². The first-order chi connectivity index (χ1) is 7.78. The van der Waals surface area contributed by atoms with Gasteiger partial charge in [0.25, 0.3) is 0 Å². The lowest BCUT2D eigenvalue weighted by Gasteiger charge is -2.07. The van der Waals surface area contributed by atoms with Gasteiger partial charge < -0.3 is 11.1 Å². The molecule has 0 saturated heterocycles. The highest BCUT2D eigenvalue weighted by Crippen LogP contribution is 2.09. The van der Waals surface area contributed by atoms with Gasteiger partial charge in [-0.05, 0) is 19.1 Å². The van der Waals surface area contributed by atoms with E-state index in [9.17, 15) is 8.42 Å². The van der Waals surface area contributed by atoms with Crippen LogP contribution in [0.25, 0.3) is 0 Å². The molecule has 0 aliphatic carbocycles. The number of hydrogen-bond donors (Lipinski definition) is 3. The van der Waals surface area contributed by atoms with Gasteiger partial charge in [-0.1, -0.05) is 12.2 Å². The average Bonchev–Trinajstić information content (AvgIpc) is 2.14. The van der Waals surface area contributed by atoms with Gasteiger partial charge in [0.1, 0.15) is 10.8 Å². The molecule has 0 aliphatic rings. The molecule has 0 amide bonds. The number of pyridine rings is 1. The summed E-state index contributed by atoms with van der Waals surface area (Å²) < 4.78 is 21.5. The molecular formula is C9H14N4O2S2. The van der Waals surface area contributed by atoms with Gasteiger partial charge >= 0.3 is 0 Å². The number of aryl methyl sites for hydroxylation is 1. The maximum Gasteiger partial charge on any atom is 0.210 e. The summed E-state index contributed by atoms with van der Waals surface area (Å²) in [6.45, 7) is 1.98. The van der Waals surface area contributed by atoms with Crippen LogP contribution >= 0.6 is 12.2 Å². The lowest BCUT2D eigenvalue weighted by atomic mass is 10.2. The quantitative estimate of drug-likeness (QED) is 0.637. The number of anilines is 1. The van der Waals surface area contributed by atoms with Gasteiger partial charge in [0, 0.05) is 17.8 Å². The first kappa shape index (κ1) is 13.8. The number of primary sulfonamides is 1. The van der Waals surface area contributed by atoms with Crippen LogP contribution in [0.4, 0.5) is 5.82 Å². The Balaban J connectivity index is 2.75. The highest BCUT2D eigenvalue weighted by Gasteiger charge is 2.05. The van der Waals surface area contributed by atoms with Gasteiger partial charge in [0.05, 0.1) is 5.75 Å². The molecule has 0 atom stereocenters.